The van der Waals surface area contributed by atoms with Gasteiger partial charge in [-0.05, 0) is 42.3 Å². The number of benzene rings is 2. The van der Waals surface area contributed by atoms with Crippen LogP contribution in [0.3, 0.4) is 0 Å². The van der Waals surface area contributed by atoms with Crippen LogP contribution in [0.15, 0.2) is 36.4 Å². The second kappa shape index (κ2) is 12.8. The molecule has 1 atom stereocenters. The third-order valence-electron chi connectivity index (χ3n) is 6.92. The molecule has 0 radical (unpaired) electrons. The van der Waals surface area contributed by atoms with E-state index >= 15 is 0 Å². The highest BCUT2D eigenvalue weighted by molar-refractivity contribution is 8.00. The molecule has 5 rings (SSSR count). The second-order valence-corrected chi connectivity index (χ2v) is 11.0. The highest BCUT2D eigenvalue weighted by Crippen LogP contribution is 2.44. The largest absolute Gasteiger partial charge is 0.493 e. The number of nitrogens with zero attached hydrogens (tertiary/aromatic N) is 2. The summed E-state index contributed by atoms with van der Waals surface area (Å²) in [6, 6.07) is 12.2. The summed E-state index contributed by atoms with van der Waals surface area (Å²) < 4.78 is 22.8. The third kappa shape index (κ3) is 6.27. The van der Waals surface area contributed by atoms with E-state index in [9.17, 15) is 9.59 Å². The summed E-state index contributed by atoms with van der Waals surface area (Å²) in [6.07, 6.45) is 1.01. The monoisotopic (exact) mass is 566 g/mol. The van der Waals surface area contributed by atoms with Crippen LogP contribution in [0.1, 0.15) is 23.1 Å². The van der Waals surface area contributed by atoms with E-state index in [1.807, 2.05) is 24.3 Å². The number of aromatic nitrogens is 2. The lowest BCUT2D eigenvalue weighted by molar-refractivity contribution is -0.136. The number of aryl methyl sites for hydroxylation is 1. The molecule has 2 aliphatic rings. The van der Waals surface area contributed by atoms with Crippen LogP contribution < -0.4 is 14.8 Å². The molecule has 2 N–H and O–H groups in total. The minimum atomic E-state index is -0.288. The van der Waals surface area contributed by atoms with Crippen molar-refractivity contribution in [2.45, 2.75) is 25.0 Å². The lowest BCUT2D eigenvalue weighted by Gasteiger charge is -2.13. The number of ether oxygens (including phenoxy) is 4. The standard InChI is InChI=1S/C29H34N4O6S/c1-18-5-4-6-20(13-18)30-28-22-14-19-15-24(23(36-3)16-21(19)27(22)31-32-28)39-10-9-37-7-8-38-11-12-40-25-17-26(34)33(2)29(25)35/h4-6,13,15-16,25H,7-12,14,17H2,1-3H3,(H2,30,31,32). The van der Waals surface area contributed by atoms with Gasteiger partial charge in [-0.3, -0.25) is 19.6 Å². The van der Waals surface area contributed by atoms with E-state index < -0.39 is 0 Å². The molecule has 0 saturated carbocycles. The number of methoxy groups -OCH3 is 1. The van der Waals surface area contributed by atoms with Crippen LogP contribution in [0.25, 0.3) is 11.3 Å². The van der Waals surface area contributed by atoms with Crippen LogP contribution in [0.4, 0.5) is 11.5 Å². The van der Waals surface area contributed by atoms with Crippen LogP contribution in [0.2, 0.25) is 0 Å². The maximum absolute atomic E-state index is 11.9. The number of H-pyrrole nitrogens is 1. The first kappa shape index (κ1) is 28.0. The van der Waals surface area contributed by atoms with Gasteiger partial charge in [-0.1, -0.05) is 12.1 Å². The van der Waals surface area contributed by atoms with Gasteiger partial charge in [0, 0.05) is 42.5 Å². The van der Waals surface area contributed by atoms with Crippen molar-refractivity contribution in [3.8, 4) is 22.8 Å². The van der Waals surface area contributed by atoms with Crippen LogP contribution in [0, 0.1) is 6.92 Å². The predicted octanol–water partition coefficient (Wildman–Crippen LogP) is 3.94. The Morgan fingerprint density at radius 2 is 1.88 bits per heavy atom. The summed E-state index contributed by atoms with van der Waals surface area (Å²) in [5.74, 6) is 2.57. The zero-order valence-corrected chi connectivity index (χ0v) is 23.8. The topological polar surface area (TPSA) is 115 Å². The number of fused-ring (bicyclic) bond motifs is 3. The molecule has 2 aromatic carbocycles. The Labute approximate surface area is 237 Å². The van der Waals surface area contributed by atoms with Gasteiger partial charge in [0.05, 0.1) is 44.5 Å². The van der Waals surface area contributed by atoms with Crippen LogP contribution in [0.5, 0.6) is 11.5 Å². The Balaban J connectivity index is 1.04. The summed E-state index contributed by atoms with van der Waals surface area (Å²) in [5.41, 5.74) is 6.51. The minimum absolute atomic E-state index is 0.121. The Morgan fingerprint density at radius 3 is 2.62 bits per heavy atom. The van der Waals surface area contributed by atoms with E-state index in [4.69, 9.17) is 18.9 Å². The zero-order chi connectivity index (χ0) is 28.1. The van der Waals surface area contributed by atoms with Crippen LogP contribution in [-0.2, 0) is 25.5 Å². The molecule has 11 heteroatoms. The number of amides is 2. The van der Waals surface area contributed by atoms with Gasteiger partial charge in [0.15, 0.2) is 17.3 Å². The normalized spacial score (nSPS) is 15.9. The SMILES string of the molecule is COc1cc2c(cc1OCCOCCOCCSC1CC(=O)N(C)C1=O)Cc1c(Nc3cccc(C)c3)n[nH]c1-2. The Bertz CT molecular complexity index is 1380. The first-order valence-corrected chi connectivity index (χ1v) is 14.3. The van der Waals surface area contributed by atoms with Crippen molar-refractivity contribution in [3.05, 3.63) is 53.1 Å². The predicted molar refractivity (Wildman–Crippen MR) is 154 cm³/mol. The fourth-order valence-electron chi connectivity index (χ4n) is 4.80. The summed E-state index contributed by atoms with van der Waals surface area (Å²) in [5, 5.41) is 10.8. The van der Waals surface area contributed by atoms with Gasteiger partial charge in [0.1, 0.15) is 6.61 Å². The molecule has 1 aromatic heterocycles. The molecule has 1 aliphatic heterocycles. The number of hydrogen-bond donors (Lipinski definition) is 2. The number of carbonyl (C=O) groups is 2. The highest BCUT2D eigenvalue weighted by atomic mass is 32.2. The fraction of sp³-hybridized carbons (Fsp3) is 0.414. The Hall–Kier alpha value is -3.54. The van der Waals surface area contributed by atoms with Crippen molar-refractivity contribution in [1.82, 2.24) is 15.1 Å². The first-order chi connectivity index (χ1) is 19.4. The third-order valence-corrected chi connectivity index (χ3v) is 8.09. The summed E-state index contributed by atoms with van der Waals surface area (Å²) >= 11 is 1.46. The van der Waals surface area contributed by atoms with Crippen LogP contribution in [-0.4, -0.2) is 85.1 Å². The Kier molecular flexibility index (Phi) is 8.93. The van der Waals surface area contributed by atoms with Crippen molar-refractivity contribution >= 4 is 35.1 Å². The lowest BCUT2D eigenvalue weighted by atomic mass is 10.1. The second-order valence-electron chi connectivity index (χ2n) is 9.68. The number of imide groups is 1. The molecular formula is C29H34N4O6S. The van der Waals surface area contributed by atoms with Gasteiger partial charge in [0.2, 0.25) is 11.8 Å². The van der Waals surface area contributed by atoms with Crippen molar-refractivity contribution in [3.63, 3.8) is 0 Å². The minimum Gasteiger partial charge on any atom is -0.493 e. The molecule has 1 aliphatic carbocycles. The Morgan fingerprint density at radius 1 is 1.07 bits per heavy atom. The van der Waals surface area contributed by atoms with E-state index in [1.54, 1.807) is 7.11 Å². The quantitative estimate of drug-likeness (QED) is 0.173. The summed E-state index contributed by atoms with van der Waals surface area (Å²) in [6.45, 7) is 4.25. The first-order valence-electron chi connectivity index (χ1n) is 13.3. The number of rotatable bonds is 14. The van der Waals surface area contributed by atoms with E-state index in [0.717, 1.165) is 40.3 Å². The zero-order valence-electron chi connectivity index (χ0n) is 23.0. The number of carbonyl (C=O) groups excluding carboxylic acids is 2. The molecular weight excluding hydrogens is 532 g/mol. The number of nitrogens with one attached hydrogen (secondary N) is 2. The van der Waals surface area contributed by atoms with Crippen LogP contribution >= 0.6 is 11.8 Å². The van der Waals surface area contributed by atoms with E-state index in [1.165, 1.54) is 29.3 Å². The van der Waals surface area contributed by atoms with Crippen molar-refractivity contribution in [2.75, 3.05) is 58.3 Å². The molecule has 2 heterocycles. The summed E-state index contributed by atoms with van der Waals surface area (Å²) in [4.78, 5) is 24.7. The molecule has 0 bridgehead atoms. The van der Waals surface area contributed by atoms with Crippen molar-refractivity contribution < 1.29 is 28.5 Å². The van der Waals surface area contributed by atoms with Gasteiger partial charge in [-0.15, -0.1) is 11.8 Å². The van der Waals surface area contributed by atoms with Gasteiger partial charge >= 0.3 is 0 Å². The average molecular weight is 567 g/mol. The molecule has 3 aromatic rings. The molecule has 40 heavy (non-hydrogen) atoms. The number of thioether (sulfide) groups is 1. The highest BCUT2D eigenvalue weighted by Gasteiger charge is 2.36. The number of likely N-dealkylation sites (tertiary alicyclic amines) is 1. The van der Waals surface area contributed by atoms with Crippen molar-refractivity contribution in [1.29, 1.82) is 0 Å². The smallest absolute Gasteiger partial charge is 0.242 e. The van der Waals surface area contributed by atoms with Gasteiger partial charge in [0.25, 0.3) is 0 Å². The van der Waals surface area contributed by atoms with Gasteiger partial charge < -0.3 is 24.3 Å². The molecule has 10 nitrogen and oxygen atoms in total. The van der Waals surface area contributed by atoms with E-state index in [-0.39, 0.29) is 23.5 Å². The molecule has 212 valence electrons. The fourth-order valence-corrected chi connectivity index (χ4v) is 5.86. The van der Waals surface area contributed by atoms with Gasteiger partial charge in [-0.2, -0.15) is 5.10 Å². The molecule has 2 amide bonds. The van der Waals surface area contributed by atoms with E-state index in [2.05, 4.69) is 34.6 Å². The van der Waals surface area contributed by atoms with E-state index in [0.29, 0.717) is 50.3 Å². The number of aromatic amines is 1. The van der Waals surface area contributed by atoms with Crippen molar-refractivity contribution in [2.24, 2.45) is 0 Å². The molecule has 1 saturated heterocycles. The maximum Gasteiger partial charge on any atom is 0.242 e. The van der Waals surface area contributed by atoms with Gasteiger partial charge in [-0.25, -0.2) is 0 Å². The number of hydrogen-bond acceptors (Lipinski definition) is 9. The molecule has 0 spiro atoms. The lowest BCUT2D eigenvalue weighted by Crippen LogP contribution is -2.26. The maximum atomic E-state index is 11.9. The number of anilines is 2. The molecule has 1 fully saturated rings. The average Bonchev–Trinajstić information content (AvgIpc) is 3.57. The summed E-state index contributed by atoms with van der Waals surface area (Å²) in [7, 11) is 3.16. The molecule has 1 unspecified atom stereocenters.